The predicted molar refractivity (Wildman–Crippen MR) is 60.7 cm³/mol. The van der Waals surface area contributed by atoms with Gasteiger partial charge >= 0.3 is 5.97 Å². The number of carbonyl (C=O) groups is 1. The van der Waals surface area contributed by atoms with Gasteiger partial charge in [-0.2, -0.15) is 0 Å². The van der Waals surface area contributed by atoms with Gasteiger partial charge in [0.05, 0.1) is 12.7 Å². The molecule has 1 aliphatic carbocycles. The van der Waals surface area contributed by atoms with Crippen molar-refractivity contribution in [2.24, 2.45) is 0 Å². The van der Waals surface area contributed by atoms with Gasteiger partial charge in [0.25, 0.3) is 0 Å². The molecule has 0 N–H and O–H groups in total. The number of aryl methyl sites for hydroxylation is 2. The highest BCUT2D eigenvalue weighted by atomic mass is 16.5. The van der Waals surface area contributed by atoms with Gasteiger partial charge in [0.1, 0.15) is 12.0 Å². The first-order chi connectivity index (χ1) is 8.29. The minimum Gasteiger partial charge on any atom is -0.465 e. The molecule has 86 valence electrons. The van der Waals surface area contributed by atoms with Crippen molar-refractivity contribution < 1.29 is 14.1 Å². The van der Waals surface area contributed by atoms with Crippen LogP contribution < -0.4 is 0 Å². The Morgan fingerprint density at radius 1 is 1.35 bits per heavy atom. The molecule has 0 saturated heterocycles. The molecule has 0 radical (unpaired) electrons. The smallest absolute Gasteiger partial charge is 0.337 e. The summed E-state index contributed by atoms with van der Waals surface area (Å²) in [5.74, 6) is -0.307. The number of rotatable bonds is 1. The minimum atomic E-state index is -0.307. The van der Waals surface area contributed by atoms with Crippen molar-refractivity contribution >= 4 is 5.97 Å². The van der Waals surface area contributed by atoms with Crippen LogP contribution in [0, 0.1) is 0 Å². The molecule has 0 bridgehead atoms. The molecule has 1 heterocycles. The molecular formula is C13H11NO3. The highest BCUT2D eigenvalue weighted by Gasteiger charge is 2.20. The molecule has 1 aromatic heterocycles. The molecule has 3 rings (SSSR count). The van der Waals surface area contributed by atoms with Gasteiger partial charge in [-0.25, -0.2) is 4.79 Å². The third-order valence-electron chi connectivity index (χ3n) is 3.09. The summed E-state index contributed by atoms with van der Waals surface area (Å²) in [6, 6.07) is 5.54. The molecule has 1 aromatic carbocycles. The maximum absolute atomic E-state index is 11.4. The van der Waals surface area contributed by atoms with Crippen molar-refractivity contribution in [2.75, 3.05) is 7.11 Å². The second-order valence-corrected chi connectivity index (χ2v) is 4.05. The van der Waals surface area contributed by atoms with E-state index in [1.54, 1.807) is 12.3 Å². The van der Waals surface area contributed by atoms with Crippen LogP contribution >= 0.6 is 0 Å². The average molecular weight is 229 g/mol. The molecule has 4 heteroatoms. The van der Waals surface area contributed by atoms with Crippen molar-refractivity contribution in [3.63, 3.8) is 0 Å². The molecule has 1 aliphatic rings. The van der Waals surface area contributed by atoms with E-state index in [1.165, 1.54) is 7.11 Å². The summed E-state index contributed by atoms with van der Waals surface area (Å²) in [7, 11) is 1.39. The second kappa shape index (κ2) is 3.73. The van der Waals surface area contributed by atoms with Crippen molar-refractivity contribution in [2.45, 2.75) is 12.8 Å². The SMILES string of the molecule is COC(=O)c1ccc2c(c1)CCc1conc1-2. The molecular weight excluding hydrogens is 218 g/mol. The number of fused-ring (bicyclic) bond motifs is 3. The predicted octanol–water partition coefficient (Wildman–Crippen LogP) is 2.23. The summed E-state index contributed by atoms with van der Waals surface area (Å²) < 4.78 is 9.69. The Kier molecular flexibility index (Phi) is 2.21. The van der Waals surface area contributed by atoms with E-state index in [0.717, 1.165) is 35.2 Å². The van der Waals surface area contributed by atoms with Crippen molar-refractivity contribution in [3.05, 3.63) is 41.2 Å². The molecule has 0 atom stereocenters. The molecule has 0 aliphatic heterocycles. The lowest BCUT2D eigenvalue weighted by atomic mass is 9.89. The van der Waals surface area contributed by atoms with Gasteiger partial charge in [0.15, 0.2) is 0 Å². The van der Waals surface area contributed by atoms with E-state index < -0.39 is 0 Å². The molecule has 0 saturated carbocycles. The van der Waals surface area contributed by atoms with E-state index in [-0.39, 0.29) is 5.97 Å². The average Bonchev–Trinajstić information content (AvgIpc) is 2.85. The number of aromatic nitrogens is 1. The van der Waals surface area contributed by atoms with E-state index in [1.807, 2.05) is 12.1 Å². The van der Waals surface area contributed by atoms with E-state index >= 15 is 0 Å². The Hall–Kier alpha value is -2.10. The largest absolute Gasteiger partial charge is 0.465 e. The molecule has 4 nitrogen and oxygen atoms in total. The number of carbonyl (C=O) groups excluding carboxylic acids is 1. The van der Waals surface area contributed by atoms with Gasteiger partial charge in [-0.05, 0) is 30.5 Å². The van der Waals surface area contributed by atoms with Crippen LogP contribution in [0.5, 0.6) is 0 Å². The van der Waals surface area contributed by atoms with Gasteiger partial charge in [0, 0.05) is 11.1 Å². The fourth-order valence-electron chi connectivity index (χ4n) is 2.20. The van der Waals surface area contributed by atoms with Crippen LogP contribution in [0.15, 0.2) is 29.0 Å². The van der Waals surface area contributed by atoms with Gasteiger partial charge < -0.3 is 9.26 Å². The Bertz CT molecular complexity index is 586. The molecule has 17 heavy (non-hydrogen) atoms. The van der Waals surface area contributed by atoms with Gasteiger partial charge in [-0.15, -0.1) is 0 Å². The minimum absolute atomic E-state index is 0.307. The third kappa shape index (κ3) is 1.53. The highest BCUT2D eigenvalue weighted by molar-refractivity contribution is 5.90. The molecule has 0 unspecified atom stereocenters. The number of methoxy groups -OCH3 is 1. The van der Waals surface area contributed by atoms with Crippen LogP contribution in [0.1, 0.15) is 21.5 Å². The summed E-state index contributed by atoms with van der Waals surface area (Å²) in [4.78, 5) is 11.4. The standard InChI is InChI=1S/C13H11NO3/c1-16-13(15)9-4-5-11-8(6-9)2-3-10-7-17-14-12(10)11/h4-7H,2-3H2,1H3. The zero-order chi connectivity index (χ0) is 11.8. The summed E-state index contributed by atoms with van der Waals surface area (Å²) in [5, 5.41) is 4.00. The number of esters is 1. The van der Waals surface area contributed by atoms with E-state index in [0.29, 0.717) is 5.56 Å². The summed E-state index contributed by atoms with van der Waals surface area (Å²) in [5.41, 5.74) is 4.77. The zero-order valence-electron chi connectivity index (χ0n) is 9.40. The number of hydrogen-bond donors (Lipinski definition) is 0. The van der Waals surface area contributed by atoms with Crippen molar-refractivity contribution in [3.8, 4) is 11.3 Å². The Labute approximate surface area is 98.2 Å². The lowest BCUT2D eigenvalue weighted by Crippen LogP contribution is -2.06. The number of ether oxygens (including phenoxy) is 1. The van der Waals surface area contributed by atoms with Crippen LogP contribution in [-0.4, -0.2) is 18.2 Å². The monoisotopic (exact) mass is 229 g/mol. The first kappa shape index (κ1) is 10.1. The lowest BCUT2D eigenvalue weighted by molar-refractivity contribution is 0.0600. The Morgan fingerprint density at radius 3 is 3.00 bits per heavy atom. The normalized spacial score (nSPS) is 12.8. The summed E-state index contributed by atoms with van der Waals surface area (Å²) in [6.07, 6.45) is 3.48. The number of hydrogen-bond acceptors (Lipinski definition) is 4. The van der Waals surface area contributed by atoms with Crippen molar-refractivity contribution in [1.82, 2.24) is 5.16 Å². The molecule has 2 aromatic rings. The molecule has 0 spiro atoms. The van der Waals surface area contributed by atoms with Crippen LogP contribution in [-0.2, 0) is 17.6 Å². The quantitative estimate of drug-likeness (QED) is 0.703. The Morgan fingerprint density at radius 2 is 2.18 bits per heavy atom. The lowest BCUT2D eigenvalue weighted by Gasteiger charge is -2.14. The first-order valence-corrected chi connectivity index (χ1v) is 5.44. The number of benzene rings is 1. The fourth-order valence-corrected chi connectivity index (χ4v) is 2.20. The maximum Gasteiger partial charge on any atom is 0.337 e. The molecule has 0 amide bonds. The summed E-state index contributed by atoms with van der Waals surface area (Å²) in [6.45, 7) is 0. The van der Waals surface area contributed by atoms with Gasteiger partial charge in [-0.3, -0.25) is 0 Å². The Balaban J connectivity index is 2.10. The van der Waals surface area contributed by atoms with Gasteiger partial charge in [-0.1, -0.05) is 11.2 Å². The van der Waals surface area contributed by atoms with E-state index in [9.17, 15) is 4.79 Å². The van der Waals surface area contributed by atoms with E-state index in [2.05, 4.69) is 5.16 Å². The molecule has 0 fully saturated rings. The highest BCUT2D eigenvalue weighted by Crippen LogP contribution is 2.32. The van der Waals surface area contributed by atoms with Crippen molar-refractivity contribution in [1.29, 1.82) is 0 Å². The third-order valence-corrected chi connectivity index (χ3v) is 3.09. The van der Waals surface area contributed by atoms with Crippen LogP contribution in [0.25, 0.3) is 11.3 Å². The van der Waals surface area contributed by atoms with Gasteiger partial charge in [0.2, 0.25) is 0 Å². The van der Waals surface area contributed by atoms with E-state index in [4.69, 9.17) is 9.26 Å². The maximum atomic E-state index is 11.4. The van der Waals surface area contributed by atoms with Crippen LogP contribution in [0.4, 0.5) is 0 Å². The number of nitrogens with zero attached hydrogens (tertiary/aromatic N) is 1. The second-order valence-electron chi connectivity index (χ2n) is 4.05. The topological polar surface area (TPSA) is 52.3 Å². The zero-order valence-corrected chi connectivity index (χ0v) is 9.40. The van der Waals surface area contributed by atoms with Crippen LogP contribution in [0.3, 0.4) is 0 Å². The fraction of sp³-hybridized carbons (Fsp3) is 0.231. The summed E-state index contributed by atoms with van der Waals surface area (Å²) >= 11 is 0. The first-order valence-electron chi connectivity index (χ1n) is 5.44. The van der Waals surface area contributed by atoms with Crippen LogP contribution in [0.2, 0.25) is 0 Å².